The van der Waals surface area contributed by atoms with Gasteiger partial charge in [-0.25, -0.2) is 4.98 Å². The number of carbonyl (C=O) groups excluding carboxylic acids is 2. The number of halogens is 1. The van der Waals surface area contributed by atoms with Gasteiger partial charge in [0.2, 0.25) is 11.8 Å². The number of aromatic nitrogens is 2. The van der Waals surface area contributed by atoms with Gasteiger partial charge in [0.15, 0.2) is 0 Å². The van der Waals surface area contributed by atoms with E-state index in [9.17, 15) is 14.4 Å². The van der Waals surface area contributed by atoms with Crippen molar-refractivity contribution in [3.8, 4) is 11.3 Å². The van der Waals surface area contributed by atoms with Gasteiger partial charge in [-0.15, -0.1) is 0 Å². The molecule has 166 valence electrons. The highest BCUT2D eigenvalue weighted by Crippen LogP contribution is 2.26. The molecule has 33 heavy (non-hydrogen) atoms. The number of para-hydroxylation sites is 3. The van der Waals surface area contributed by atoms with Crippen LogP contribution in [0.15, 0.2) is 71.5 Å². The largest absolute Gasteiger partial charge is 0.326 e. The second kappa shape index (κ2) is 9.26. The number of amides is 2. The van der Waals surface area contributed by atoms with Crippen LogP contribution in [0.2, 0.25) is 5.02 Å². The Morgan fingerprint density at radius 1 is 0.970 bits per heavy atom. The Labute approximate surface area is 195 Å². The smallest absolute Gasteiger partial charge is 0.278 e. The summed E-state index contributed by atoms with van der Waals surface area (Å²) in [5.41, 5.74) is 3.16. The number of hydrogen-bond acceptors (Lipinski definition) is 4. The number of nitrogens with one attached hydrogen (secondary N) is 2. The highest BCUT2D eigenvalue weighted by atomic mass is 35.5. The molecule has 0 unspecified atom stereocenters. The normalized spacial score (nSPS) is 10.8. The van der Waals surface area contributed by atoms with Gasteiger partial charge in [-0.1, -0.05) is 48.0 Å². The molecule has 0 radical (unpaired) electrons. The van der Waals surface area contributed by atoms with Crippen molar-refractivity contribution in [3.63, 3.8) is 0 Å². The van der Waals surface area contributed by atoms with Crippen molar-refractivity contribution in [3.05, 3.63) is 87.7 Å². The highest BCUT2D eigenvalue weighted by molar-refractivity contribution is 6.31. The van der Waals surface area contributed by atoms with E-state index in [0.717, 1.165) is 5.56 Å². The lowest BCUT2D eigenvalue weighted by Gasteiger charge is -2.15. The van der Waals surface area contributed by atoms with Crippen LogP contribution in [0.3, 0.4) is 0 Å². The van der Waals surface area contributed by atoms with Crippen LogP contribution in [0.1, 0.15) is 12.5 Å². The first-order valence-corrected chi connectivity index (χ1v) is 10.6. The molecular formula is C25H21ClN4O3. The van der Waals surface area contributed by atoms with E-state index in [0.29, 0.717) is 33.0 Å². The maximum atomic E-state index is 13.5. The summed E-state index contributed by atoms with van der Waals surface area (Å²) >= 11 is 6.06. The molecule has 7 nitrogen and oxygen atoms in total. The minimum Gasteiger partial charge on any atom is -0.326 e. The average molecular weight is 461 g/mol. The molecule has 1 aromatic heterocycles. The fourth-order valence-corrected chi connectivity index (χ4v) is 3.75. The molecule has 0 bridgehead atoms. The van der Waals surface area contributed by atoms with Crippen LogP contribution < -0.4 is 16.2 Å². The van der Waals surface area contributed by atoms with Gasteiger partial charge < -0.3 is 10.6 Å². The summed E-state index contributed by atoms with van der Waals surface area (Å²) in [4.78, 5) is 42.6. The number of anilines is 2. The number of carbonyl (C=O) groups is 2. The molecule has 0 aliphatic carbocycles. The number of nitrogens with zero attached hydrogens (tertiary/aromatic N) is 2. The summed E-state index contributed by atoms with van der Waals surface area (Å²) in [5.74, 6) is -0.639. The Morgan fingerprint density at radius 2 is 1.70 bits per heavy atom. The molecule has 2 N–H and O–H groups in total. The predicted octanol–water partition coefficient (Wildman–Crippen LogP) is 4.62. The van der Waals surface area contributed by atoms with Crippen molar-refractivity contribution in [1.82, 2.24) is 9.55 Å². The number of rotatable bonds is 5. The van der Waals surface area contributed by atoms with E-state index < -0.39 is 5.56 Å². The van der Waals surface area contributed by atoms with Crippen LogP contribution in [0.4, 0.5) is 11.4 Å². The zero-order chi connectivity index (χ0) is 23.5. The first-order valence-electron chi connectivity index (χ1n) is 10.3. The van der Waals surface area contributed by atoms with Crippen molar-refractivity contribution < 1.29 is 9.59 Å². The third-order valence-corrected chi connectivity index (χ3v) is 5.36. The topological polar surface area (TPSA) is 93.1 Å². The summed E-state index contributed by atoms with van der Waals surface area (Å²) in [6.45, 7) is 3.03. The van der Waals surface area contributed by atoms with Crippen LogP contribution >= 0.6 is 11.6 Å². The van der Waals surface area contributed by atoms with Gasteiger partial charge in [0.05, 0.1) is 16.7 Å². The van der Waals surface area contributed by atoms with Gasteiger partial charge in [-0.05, 0) is 42.8 Å². The number of fused-ring (bicyclic) bond motifs is 1. The third-order valence-electron chi connectivity index (χ3n) is 5.12. The van der Waals surface area contributed by atoms with Crippen molar-refractivity contribution in [1.29, 1.82) is 0 Å². The maximum absolute atomic E-state index is 13.5. The van der Waals surface area contributed by atoms with Crippen LogP contribution in [0.5, 0.6) is 0 Å². The molecule has 8 heteroatoms. The minimum atomic E-state index is -0.440. The Bertz CT molecular complexity index is 1450. The van der Waals surface area contributed by atoms with Gasteiger partial charge in [0.1, 0.15) is 12.2 Å². The summed E-state index contributed by atoms with van der Waals surface area (Å²) < 4.78 is 1.39. The molecule has 0 fully saturated rings. The van der Waals surface area contributed by atoms with Crippen molar-refractivity contribution in [2.75, 3.05) is 10.6 Å². The fourth-order valence-electron chi connectivity index (χ4n) is 3.58. The van der Waals surface area contributed by atoms with Gasteiger partial charge in [-0.2, -0.15) is 0 Å². The highest BCUT2D eigenvalue weighted by Gasteiger charge is 2.18. The van der Waals surface area contributed by atoms with E-state index in [1.165, 1.54) is 11.5 Å². The SMILES string of the molecule is CC(=O)Nc1ccccc1-c1nc2ccccc2n(CC(=O)Nc2cc(Cl)ccc2C)c1=O. The number of benzene rings is 3. The van der Waals surface area contributed by atoms with E-state index in [2.05, 4.69) is 15.6 Å². The molecule has 0 spiro atoms. The molecule has 0 atom stereocenters. The number of aryl methyl sites for hydroxylation is 1. The van der Waals surface area contributed by atoms with Crippen molar-refractivity contribution in [2.24, 2.45) is 0 Å². The summed E-state index contributed by atoms with van der Waals surface area (Å²) in [6, 6.07) is 19.3. The molecule has 4 rings (SSSR count). The van der Waals surface area contributed by atoms with E-state index >= 15 is 0 Å². The van der Waals surface area contributed by atoms with E-state index in [-0.39, 0.29) is 24.1 Å². The van der Waals surface area contributed by atoms with Crippen LogP contribution in [0, 0.1) is 6.92 Å². The first kappa shape index (κ1) is 22.2. The van der Waals surface area contributed by atoms with Crippen LogP contribution in [-0.4, -0.2) is 21.4 Å². The minimum absolute atomic E-state index is 0.143. The Kier molecular flexibility index (Phi) is 6.24. The van der Waals surface area contributed by atoms with E-state index in [1.54, 1.807) is 54.6 Å². The van der Waals surface area contributed by atoms with Crippen LogP contribution in [0.25, 0.3) is 22.3 Å². The second-order valence-corrected chi connectivity index (χ2v) is 8.01. The molecule has 3 aromatic carbocycles. The molecule has 0 saturated carbocycles. The zero-order valence-electron chi connectivity index (χ0n) is 18.1. The Morgan fingerprint density at radius 3 is 2.48 bits per heavy atom. The molecule has 2 amide bonds. The van der Waals surface area contributed by atoms with Gasteiger partial charge in [-0.3, -0.25) is 19.0 Å². The zero-order valence-corrected chi connectivity index (χ0v) is 18.8. The van der Waals surface area contributed by atoms with E-state index in [1.807, 2.05) is 19.1 Å². The van der Waals surface area contributed by atoms with Gasteiger partial charge in [0.25, 0.3) is 5.56 Å². The van der Waals surface area contributed by atoms with Crippen molar-refractivity contribution >= 4 is 45.8 Å². The fraction of sp³-hybridized carbons (Fsp3) is 0.120. The monoisotopic (exact) mass is 460 g/mol. The average Bonchev–Trinajstić information content (AvgIpc) is 2.78. The van der Waals surface area contributed by atoms with Gasteiger partial charge >= 0.3 is 0 Å². The Hall–Kier alpha value is -3.97. The second-order valence-electron chi connectivity index (χ2n) is 7.57. The van der Waals surface area contributed by atoms with Crippen molar-refractivity contribution in [2.45, 2.75) is 20.4 Å². The lowest BCUT2D eigenvalue weighted by molar-refractivity contribution is -0.117. The van der Waals surface area contributed by atoms with E-state index in [4.69, 9.17) is 11.6 Å². The first-order chi connectivity index (χ1) is 15.8. The number of hydrogen-bond donors (Lipinski definition) is 2. The molecule has 1 heterocycles. The van der Waals surface area contributed by atoms with Crippen LogP contribution in [-0.2, 0) is 16.1 Å². The molecule has 0 saturated heterocycles. The summed E-state index contributed by atoms with van der Waals surface area (Å²) in [5, 5.41) is 6.06. The lowest BCUT2D eigenvalue weighted by Crippen LogP contribution is -2.30. The summed E-state index contributed by atoms with van der Waals surface area (Å²) in [7, 11) is 0. The standard InChI is InChI=1S/C25H21ClN4O3/c1-15-11-12-17(26)13-21(15)28-23(32)14-30-22-10-6-5-9-20(22)29-24(25(30)33)18-7-3-4-8-19(18)27-16(2)31/h3-13H,14H2,1-2H3,(H,27,31)(H,28,32). The lowest BCUT2D eigenvalue weighted by atomic mass is 10.1. The van der Waals surface area contributed by atoms with Gasteiger partial charge in [0, 0.05) is 23.2 Å². The molecule has 4 aromatic rings. The predicted molar refractivity (Wildman–Crippen MR) is 131 cm³/mol. The summed E-state index contributed by atoms with van der Waals surface area (Å²) in [6.07, 6.45) is 0. The Balaban J connectivity index is 1.80. The molecular weight excluding hydrogens is 440 g/mol. The molecule has 0 aliphatic heterocycles. The maximum Gasteiger partial charge on any atom is 0.278 e. The third kappa shape index (κ3) is 4.78. The molecule has 0 aliphatic rings. The quantitative estimate of drug-likeness (QED) is 0.454.